The van der Waals surface area contributed by atoms with Gasteiger partial charge in [0, 0.05) is 34.2 Å². The highest BCUT2D eigenvalue weighted by Gasteiger charge is 2.15. The molecule has 4 aromatic heterocycles. The molecule has 9 nitrogen and oxygen atoms in total. The van der Waals surface area contributed by atoms with E-state index < -0.39 is 5.91 Å². The lowest BCUT2D eigenvalue weighted by atomic mass is 10.0. The van der Waals surface area contributed by atoms with Gasteiger partial charge in [-0.2, -0.15) is 0 Å². The molecule has 0 fully saturated rings. The van der Waals surface area contributed by atoms with Crippen LogP contribution in [0, 0.1) is 18.8 Å². The number of thiazole rings is 1. The average molecular weight is 548 g/mol. The van der Waals surface area contributed by atoms with Gasteiger partial charge in [0.1, 0.15) is 11.3 Å². The minimum atomic E-state index is -0.619. The molecule has 10 heteroatoms. The number of amides is 1. The summed E-state index contributed by atoms with van der Waals surface area (Å²) in [7, 11) is 0. The summed E-state index contributed by atoms with van der Waals surface area (Å²) in [6, 6.07) is 19.4. The summed E-state index contributed by atoms with van der Waals surface area (Å²) in [6.07, 6.45) is 3.96. The van der Waals surface area contributed by atoms with Crippen LogP contribution in [0.4, 0.5) is 5.82 Å². The number of aromatic nitrogens is 5. The second-order valence-corrected chi connectivity index (χ2v) is 9.81. The number of carbonyl (C=O) groups is 1. The van der Waals surface area contributed by atoms with Crippen molar-refractivity contribution in [2.75, 3.05) is 5.73 Å². The van der Waals surface area contributed by atoms with Crippen LogP contribution < -0.4 is 17.0 Å². The first-order chi connectivity index (χ1) is 19.4. The number of carbonyl (C=O) groups excluding carboxylic acids is 1. The third kappa shape index (κ3) is 5.06. The standard InChI is InChI=1S/C23H18N2OS.C7H7N5O/c1-3-19-14-18-9-7-8-17(12-13-21-16(2)27-15-24-21)22(18)23(26)25(19)20-10-5-4-6-11-20;8-5-4(6(9)13)7-10-2-1-3-12(7)11-5/h4-11,14-15H,3H2,1-2H3;1-3H,(H2,8,11)(H2,9,13). The van der Waals surface area contributed by atoms with Crippen LogP contribution >= 0.6 is 11.3 Å². The molecule has 4 N–H and O–H groups in total. The van der Waals surface area contributed by atoms with Gasteiger partial charge >= 0.3 is 0 Å². The number of aryl methyl sites for hydroxylation is 2. The Morgan fingerprint density at radius 3 is 2.55 bits per heavy atom. The van der Waals surface area contributed by atoms with Crippen molar-refractivity contribution in [3.05, 3.63) is 116 Å². The molecule has 0 atom stereocenters. The number of rotatable bonds is 3. The van der Waals surface area contributed by atoms with Crippen LogP contribution in [0.25, 0.3) is 22.1 Å². The molecule has 0 saturated carbocycles. The molecule has 4 heterocycles. The number of benzene rings is 2. The summed E-state index contributed by atoms with van der Waals surface area (Å²) in [5.41, 5.74) is 16.3. The van der Waals surface area contributed by atoms with Gasteiger partial charge in [-0.15, -0.1) is 16.4 Å². The van der Waals surface area contributed by atoms with Gasteiger partial charge in [-0.3, -0.25) is 14.2 Å². The lowest BCUT2D eigenvalue weighted by Gasteiger charge is -2.14. The first-order valence-electron chi connectivity index (χ1n) is 12.4. The second-order valence-electron chi connectivity index (χ2n) is 8.75. The number of nitrogens with two attached hydrogens (primary N) is 2. The zero-order valence-corrected chi connectivity index (χ0v) is 22.6. The molecule has 198 valence electrons. The molecule has 0 radical (unpaired) electrons. The SMILES string of the molecule is CCc1cc2cccc(C#Cc3ncsc3C)c2c(=O)n1-c1ccccc1.NC(=O)c1c(N)nn2cccnc12. The Kier molecular flexibility index (Phi) is 7.39. The monoisotopic (exact) mass is 547 g/mol. The minimum Gasteiger partial charge on any atom is -0.381 e. The molecule has 0 bridgehead atoms. The van der Waals surface area contributed by atoms with E-state index in [1.54, 1.807) is 39.9 Å². The van der Waals surface area contributed by atoms with E-state index in [4.69, 9.17) is 11.5 Å². The molecule has 1 amide bonds. The van der Waals surface area contributed by atoms with E-state index in [9.17, 15) is 9.59 Å². The van der Waals surface area contributed by atoms with Crippen molar-refractivity contribution >= 4 is 39.5 Å². The van der Waals surface area contributed by atoms with Crippen molar-refractivity contribution in [2.45, 2.75) is 20.3 Å². The summed E-state index contributed by atoms with van der Waals surface area (Å²) in [4.78, 5) is 33.7. The predicted octanol–water partition coefficient (Wildman–Crippen LogP) is 4.13. The van der Waals surface area contributed by atoms with Gasteiger partial charge in [-0.25, -0.2) is 14.5 Å². The molecule has 6 aromatic rings. The van der Waals surface area contributed by atoms with Gasteiger partial charge in [0.05, 0.1) is 10.9 Å². The molecular weight excluding hydrogens is 522 g/mol. The smallest absolute Gasteiger partial charge is 0.264 e. The van der Waals surface area contributed by atoms with E-state index in [1.165, 1.54) is 4.52 Å². The number of hydrogen-bond acceptors (Lipinski definition) is 7. The molecule has 0 unspecified atom stereocenters. The van der Waals surface area contributed by atoms with Crippen molar-refractivity contribution in [3.63, 3.8) is 0 Å². The summed E-state index contributed by atoms with van der Waals surface area (Å²) in [5.74, 6) is 5.77. The van der Waals surface area contributed by atoms with Crippen molar-refractivity contribution in [2.24, 2.45) is 5.73 Å². The van der Waals surface area contributed by atoms with Gasteiger partial charge in [-0.05, 0) is 55.0 Å². The Morgan fingerprint density at radius 1 is 1.05 bits per heavy atom. The molecule has 2 aromatic carbocycles. The molecule has 0 aliphatic rings. The van der Waals surface area contributed by atoms with Crippen LogP contribution in [0.1, 0.15) is 39.1 Å². The van der Waals surface area contributed by atoms with E-state index in [1.807, 2.05) is 55.5 Å². The largest absolute Gasteiger partial charge is 0.381 e. The predicted molar refractivity (Wildman–Crippen MR) is 158 cm³/mol. The summed E-state index contributed by atoms with van der Waals surface area (Å²) in [5, 5.41) is 5.44. The van der Waals surface area contributed by atoms with Crippen molar-refractivity contribution in [1.29, 1.82) is 0 Å². The fourth-order valence-electron chi connectivity index (χ4n) is 4.33. The van der Waals surface area contributed by atoms with Crippen LogP contribution in [-0.2, 0) is 6.42 Å². The third-order valence-corrected chi connectivity index (χ3v) is 6.99. The maximum atomic E-state index is 13.4. The highest BCUT2D eigenvalue weighted by molar-refractivity contribution is 7.09. The molecule has 0 saturated heterocycles. The Balaban J connectivity index is 0.000000207. The number of nitrogens with zero attached hydrogens (tertiary/aromatic N) is 5. The third-order valence-electron chi connectivity index (χ3n) is 6.23. The summed E-state index contributed by atoms with van der Waals surface area (Å²) in [6.45, 7) is 4.06. The maximum Gasteiger partial charge on any atom is 0.264 e. The van der Waals surface area contributed by atoms with Gasteiger partial charge < -0.3 is 11.5 Å². The molecule has 0 aliphatic heterocycles. The maximum absolute atomic E-state index is 13.4. The fraction of sp³-hybridized carbons (Fsp3) is 0.100. The number of pyridine rings is 1. The van der Waals surface area contributed by atoms with Crippen LogP contribution in [0.15, 0.2) is 83.4 Å². The van der Waals surface area contributed by atoms with Gasteiger partial charge in [0.15, 0.2) is 11.5 Å². The highest BCUT2D eigenvalue weighted by Crippen LogP contribution is 2.20. The van der Waals surface area contributed by atoms with Crippen LogP contribution in [0.5, 0.6) is 0 Å². The number of para-hydroxylation sites is 1. The Hall–Kier alpha value is -5.27. The molecular formula is C30H25N7O2S. The van der Waals surface area contributed by atoms with E-state index in [0.717, 1.165) is 39.3 Å². The van der Waals surface area contributed by atoms with Gasteiger partial charge in [0.2, 0.25) is 0 Å². The van der Waals surface area contributed by atoms with E-state index in [2.05, 4.69) is 39.9 Å². The molecule has 6 rings (SSSR count). The van der Waals surface area contributed by atoms with Crippen molar-refractivity contribution in [1.82, 2.24) is 24.1 Å². The summed E-state index contributed by atoms with van der Waals surface area (Å²) < 4.78 is 3.21. The highest BCUT2D eigenvalue weighted by atomic mass is 32.1. The number of anilines is 1. The molecule has 40 heavy (non-hydrogen) atoms. The lowest BCUT2D eigenvalue weighted by molar-refractivity contribution is 0.100. The number of fused-ring (bicyclic) bond motifs is 2. The Morgan fingerprint density at radius 2 is 1.85 bits per heavy atom. The molecule has 0 aliphatic carbocycles. The number of nitrogen functional groups attached to an aromatic ring is 1. The molecule has 0 spiro atoms. The van der Waals surface area contributed by atoms with E-state index >= 15 is 0 Å². The fourth-order valence-corrected chi connectivity index (χ4v) is 4.86. The average Bonchev–Trinajstić information content (AvgIpc) is 3.53. The van der Waals surface area contributed by atoms with E-state index in [0.29, 0.717) is 11.0 Å². The first kappa shape index (κ1) is 26.3. The topological polar surface area (TPSA) is 134 Å². The number of primary amides is 1. The van der Waals surface area contributed by atoms with Crippen LogP contribution in [-0.4, -0.2) is 30.1 Å². The Bertz CT molecular complexity index is 1980. The minimum absolute atomic E-state index is 0.0320. The zero-order chi connectivity index (χ0) is 28.2. The lowest BCUT2D eigenvalue weighted by Crippen LogP contribution is -2.22. The summed E-state index contributed by atoms with van der Waals surface area (Å²) >= 11 is 1.57. The second kappa shape index (κ2) is 11.2. The normalized spacial score (nSPS) is 10.6. The quantitative estimate of drug-likeness (QED) is 0.320. The van der Waals surface area contributed by atoms with Gasteiger partial charge in [0.25, 0.3) is 11.5 Å². The zero-order valence-electron chi connectivity index (χ0n) is 21.8. The first-order valence-corrected chi connectivity index (χ1v) is 13.3. The van der Waals surface area contributed by atoms with Gasteiger partial charge in [-0.1, -0.05) is 43.2 Å². The van der Waals surface area contributed by atoms with Crippen molar-refractivity contribution in [3.8, 4) is 17.5 Å². The number of hydrogen-bond donors (Lipinski definition) is 2. The Labute approximate surface area is 233 Å². The van der Waals surface area contributed by atoms with Crippen molar-refractivity contribution < 1.29 is 4.79 Å². The van der Waals surface area contributed by atoms with E-state index in [-0.39, 0.29) is 16.9 Å². The van der Waals surface area contributed by atoms with Crippen LogP contribution in [0.3, 0.4) is 0 Å². The van der Waals surface area contributed by atoms with Crippen LogP contribution in [0.2, 0.25) is 0 Å².